The summed E-state index contributed by atoms with van der Waals surface area (Å²) < 4.78 is 0. The third-order valence-electron chi connectivity index (χ3n) is 4.31. The van der Waals surface area contributed by atoms with Gasteiger partial charge in [0.05, 0.1) is 6.54 Å². The van der Waals surface area contributed by atoms with Crippen LogP contribution in [-0.4, -0.2) is 18.5 Å². The Morgan fingerprint density at radius 1 is 1.25 bits per heavy atom. The van der Waals surface area contributed by atoms with Crippen LogP contribution in [0.2, 0.25) is 0 Å². The molecule has 0 saturated heterocycles. The Hall–Kier alpha value is -1.35. The zero-order valence-corrected chi connectivity index (χ0v) is 12.8. The van der Waals surface area contributed by atoms with Gasteiger partial charge in [0.25, 0.3) is 0 Å². The van der Waals surface area contributed by atoms with E-state index in [0.717, 1.165) is 11.3 Å². The molecule has 0 atom stereocenters. The maximum Gasteiger partial charge on any atom is 0.238 e. The first-order chi connectivity index (χ1) is 9.46. The van der Waals surface area contributed by atoms with E-state index in [1.807, 2.05) is 31.2 Å². The molecule has 1 fully saturated rings. The van der Waals surface area contributed by atoms with Crippen LogP contribution in [0.5, 0.6) is 0 Å². The predicted octanol–water partition coefficient (Wildman–Crippen LogP) is 3.49. The number of carbonyl (C=O) groups excluding carboxylic acids is 1. The van der Waals surface area contributed by atoms with E-state index in [2.05, 4.69) is 24.5 Å². The minimum Gasteiger partial charge on any atom is -0.325 e. The summed E-state index contributed by atoms with van der Waals surface area (Å²) in [5.41, 5.74) is 2.48. The fraction of sp³-hybridized carbons (Fsp3) is 0.588. The fourth-order valence-corrected chi connectivity index (χ4v) is 2.75. The molecule has 0 unspecified atom stereocenters. The summed E-state index contributed by atoms with van der Waals surface area (Å²) in [6, 6.07) is 8.36. The molecule has 1 aromatic carbocycles. The largest absolute Gasteiger partial charge is 0.325 e. The fourth-order valence-electron chi connectivity index (χ4n) is 2.75. The van der Waals surface area contributed by atoms with Crippen LogP contribution in [0.15, 0.2) is 24.3 Å². The van der Waals surface area contributed by atoms with Gasteiger partial charge in [0, 0.05) is 11.7 Å². The van der Waals surface area contributed by atoms with Crippen LogP contribution in [0, 0.1) is 12.3 Å². The first-order valence-corrected chi connectivity index (χ1v) is 7.55. The second-order valence-corrected chi connectivity index (χ2v) is 6.68. The summed E-state index contributed by atoms with van der Waals surface area (Å²) in [6.45, 7) is 7.06. The predicted molar refractivity (Wildman–Crippen MR) is 83.8 cm³/mol. The van der Waals surface area contributed by atoms with Crippen LogP contribution in [0.3, 0.4) is 0 Å². The maximum atomic E-state index is 12.0. The Morgan fingerprint density at radius 3 is 2.55 bits per heavy atom. The highest BCUT2D eigenvalue weighted by Crippen LogP contribution is 2.34. The Balaban J connectivity index is 1.75. The third kappa shape index (κ3) is 4.34. The molecule has 20 heavy (non-hydrogen) atoms. The summed E-state index contributed by atoms with van der Waals surface area (Å²) in [6.07, 6.45) is 4.82. The zero-order chi connectivity index (χ0) is 14.6. The van der Waals surface area contributed by atoms with Gasteiger partial charge in [-0.25, -0.2) is 0 Å². The number of carbonyl (C=O) groups is 1. The van der Waals surface area contributed by atoms with Gasteiger partial charge < -0.3 is 10.6 Å². The van der Waals surface area contributed by atoms with E-state index in [9.17, 15) is 4.79 Å². The second-order valence-electron chi connectivity index (χ2n) is 6.68. The molecule has 1 amide bonds. The van der Waals surface area contributed by atoms with Crippen molar-refractivity contribution in [3.05, 3.63) is 29.8 Å². The van der Waals surface area contributed by atoms with Crippen LogP contribution in [-0.2, 0) is 4.79 Å². The molecule has 0 heterocycles. The Bertz CT molecular complexity index is 458. The minimum atomic E-state index is 0.0455. The van der Waals surface area contributed by atoms with E-state index >= 15 is 0 Å². The Kier molecular flexibility index (Phi) is 4.81. The molecule has 2 N–H and O–H groups in total. The number of benzene rings is 1. The summed E-state index contributed by atoms with van der Waals surface area (Å²) in [7, 11) is 0. The van der Waals surface area contributed by atoms with E-state index in [0.29, 0.717) is 18.0 Å². The average molecular weight is 274 g/mol. The number of nitrogens with one attached hydrogen (secondary N) is 2. The molecule has 0 bridgehead atoms. The number of amides is 1. The number of aryl methyl sites for hydroxylation is 1. The van der Waals surface area contributed by atoms with Crippen molar-refractivity contribution in [3.8, 4) is 0 Å². The van der Waals surface area contributed by atoms with Crippen molar-refractivity contribution in [1.82, 2.24) is 5.32 Å². The summed E-state index contributed by atoms with van der Waals surface area (Å²) in [4.78, 5) is 12.0. The van der Waals surface area contributed by atoms with Gasteiger partial charge in [0.2, 0.25) is 5.91 Å². The van der Waals surface area contributed by atoms with E-state index in [1.54, 1.807) is 0 Å². The lowest BCUT2D eigenvalue weighted by atomic mass is 9.75. The number of para-hydroxylation sites is 1. The minimum absolute atomic E-state index is 0.0455. The van der Waals surface area contributed by atoms with Gasteiger partial charge in [0.1, 0.15) is 0 Å². The van der Waals surface area contributed by atoms with Crippen LogP contribution in [0.4, 0.5) is 5.69 Å². The Labute approximate surface area is 122 Å². The van der Waals surface area contributed by atoms with Crippen molar-refractivity contribution < 1.29 is 4.79 Å². The molecule has 1 aromatic rings. The highest BCUT2D eigenvalue weighted by molar-refractivity contribution is 5.92. The molecule has 2 rings (SSSR count). The van der Waals surface area contributed by atoms with Gasteiger partial charge in [0.15, 0.2) is 0 Å². The molecule has 1 saturated carbocycles. The zero-order valence-electron chi connectivity index (χ0n) is 12.8. The lowest BCUT2D eigenvalue weighted by Gasteiger charge is -2.34. The van der Waals surface area contributed by atoms with E-state index in [-0.39, 0.29) is 5.91 Å². The van der Waals surface area contributed by atoms with Crippen LogP contribution in [0.1, 0.15) is 45.1 Å². The molecule has 110 valence electrons. The van der Waals surface area contributed by atoms with Crippen LogP contribution in [0.25, 0.3) is 0 Å². The molecule has 0 radical (unpaired) electrons. The van der Waals surface area contributed by atoms with Crippen molar-refractivity contribution in [2.24, 2.45) is 5.41 Å². The third-order valence-corrected chi connectivity index (χ3v) is 4.31. The van der Waals surface area contributed by atoms with Gasteiger partial charge >= 0.3 is 0 Å². The summed E-state index contributed by atoms with van der Waals surface area (Å²) in [5.74, 6) is 0.0455. The Morgan fingerprint density at radius 2 is 1.90 bits per heavy atom. The van der Waals surface area contributed by atoms with E-state index in [4.69, 9.17) is 0 Å². The molecule has 1 aliphatic carbocycles. The first kappa shape index (κ1) is 15.0. The molecule has 0 aromatic heterocycles. The van der Waals surface area contributed by atoms with Gasteiger partial charge in [-0.2, -0.15) is 0 Å². The average Bonchev–Trinajstić information content (AvgIpc) is 2.40. The molecular formula is C17H26N2O. The van der Waals surface area contributed by atoms with Gasteiger partial charge in [-0.3, -0.25) is 4.79 Å². The van der Waals surface area contributed by atoms with E-state index in [1.165, 1.54) is 25.7 Å². The SMILES string of the molecule is Cc1ccccc1NC(=O)CNC1CCC(C)(C)CC1. The molecular weight excluding hydrogens is 248 g/mol. The summed E-state index contributed by atoms with van der Waals surface area (Å²) >= 11 is 0. The topological polar surface area (TPSA) is 41.1 Å². The normalized spacial score (nSPS) is 18.8. The number of hydrogen-bond donors (Lipinski definition) is 2. The van der Waals surface area contributed by atoms with Crippen molar-refractivity contribution >= 4 is 11.6 Å². The monoisotopic (exact) mass is 274 g/mol. The van der Waals surface area contributed by atoms with Crippen LogP contribution < -0.4 is 10.6 Å². The first-order valence-electron chi connectivity index (χ1n) is 7.55. The smallest absolute Gasteiger partial charge is 0.238 e. The maximum absolute atomic E-state index is 12.0. The molecule has 1 aliphatic rings. The van der Waals surface area contributed by atoms with Gasteiger partial charge in [-0.1, -0.05) is 32.0 Å². The molecule has 3 nitrogen and oxygen atoms in total. The standard InChI is InChI=1S/C17H26N2O/c1-13-6-4-5-7-15(13)19-16(20)12-18-14-8-10-17(2,3)11-9-14/h4-7,14,18H,8-12H2,1-3H3,(H,19,20). The van der Waals surface area contributed by atoms with Crippen LogP contribution >= 0.6 is 0 Å². The van der Waals surface area contributed by atoms with Crippen molar-refractivity contribution in [2.45, 2.75) is 52.5 Å². The lowest BCUT2D eigenvalue weighted by molar-refractivity contribution is -0.115. The second kappa shape index (κ2) is 6.40. The van der Waals surface area contributed by atoms with Crippen molar-refractivity contribution in [2.75, 3.05) is 11.9 Å². The number of hydrogen-bond acceptors (Lipinski definition) is 2. The molecule has 0 spiro atoms. The summed E-state index contributed by atoms with van der Waals surface area (Å²) in [5, 5.41) is 6.35. The highest BCUT2D eigenvalue weighted by Gasteiger charge is 2.26. The molecule has 0 aliphatic heterocycles. The quantitative estimate of drug-likeness (QED) is 0.882. The highest BCUT2D eigenvalue weighted by atomic mass is 16.1. The van der Waals surface area contributed by atoms with Crippen molar-refractivity contribution in [3.63, 3.8) is 0 Å². The number of rotatable bonds is 4. The van der Waals surface area contributed by atoms with Gasteiger partial charge in [-0.05, 0) is 49.7 Å². The van der Waals surface area contributed by atoms with Gasteiger partial charge in [-0.15, -0.1) is 0 Å². The van der Waals surface area contributed by atoms with E-state index < -0.39 is 0 Å². The number of anilines is 1. The lowest BCUT2D eigenvalue weighted by Crippen LogP contribution is -2.39. The molecule has 3 heteroatoms. The van der Waals surface area contributed by atoms with Crippen molar-refractivity contribution in [1.29, 1.82) is 0 Å².